The van der Waals surface area contributed by atoms with Gasteiger partial charge in [0.15, 0.2) is 0 Å². The van der Waals surface area contributed by atoms with Gasteiger partial charge in [0.2, 0.25) is 10.0 Å². The van der Waals surface area contributed by atoms with Gasteiger partial charge in [-0.3, -0.25) is 4.79 Å². The summed E-state index contributed by atoms with van der Waals surface area (Å²) in [5, 5.41) is 2.76. The van der Waals surface area contributed by atoms with E-state index >= 15 is 0 Å². The molecule has 152 valence electrons. The van der Waals surface area contributed by atoms with Gasteiger partial charge in [-0.2, -0.15) is 0 Å². The Morgan fingerprint density at radius 3 is 2.11 bits per heavy atom. The summed E-state index contributed by atoms with van der Waals surface area (Å²) in [6.45, 7) is 6.23. The highest BCUT2D eigenvalue weighted by atomic mass is 32.2. The molecule has 28 heavy (non-hydrogen) atoms. The van der Waals surface area contributed by atoms with Gasteiger partial charge in [0.25, 0.3) is 5.91 Å². The number of nitrogens with one attached hydrogen (secondary N) is 2. The van der Waals surface area contributed by atoms with Crippen LogP contribution >= 0.6 is 0 Å². The largest absolute Gasteiger partial charge is 0.491 e. The number of carbonyl (C=O) groups excluding carboxylic acids is 1. The van der Waals surface area contributed by atoms with E-state index in [0.717, 1.165) is 0 Å². The average molecular weight is 407 g/mol. The van der Waals surface area contributed by atoms with Crippen molar-refractivity contribution >= 4 is 21.6 Å². The molecule has 2 aromatic rings. The van der Waals surface area contributed by atoms with Gasteiger partial charge in [-0.1, -0.05) is 0 Å². The fourth-order valence-corrected chi connectivity index (χ4v) is 3.75. The minimum Gasteiger partial charge on any atom is -0.491 e. The number of ether oxygens (including phenoxy) is 2. The van der Waals surface area contributed by atoms with Gasteiger partial charge in [0, 0.05) is 23.9 Å². The first-order chi connectivity index (χ1) is 13.1. The number of benzene rings is 2. The summed E-state index contributed by atoms with van der Waals surface area (Å²) in [7, 11) is -2.04. The molecule has 7 nitrogen and oxygen atoms in total. The van der Waals surface area contributed by atoms with Crippen LogP contribution in [0.25, 0.3) is 0 Å². The molecule has 0 aliphatic rings. The summed E-state index contributed by atoms with van der Waals surface area (Å²) in [6, 6.07) is 12.7. The SMILES string of the molecule is COCCOc1ccc(NC(=O)c2ccc(S(=O)(=O)NC(C)(C)C)cc2)cc1. The number of methoxy groups -OCH3 is 1. The second-order valence-electron chi connectivity index (χ2n) is 7.20. The van der Waals surface area contributed by atoms with Crippen molar-refractivity contribution in [2.45, 2.75) is 31.2 Å². The Kier molecular flexibility index (Phi) is 7.17. The topological polar surface area (TPSA) is 93.7 Å². The molecule has 0 spiro atoms. The highest BCUT2D eigenvalue weighted by molar-refractivity contribution is 7.89. The van der Waals surface area contributed by atoms with E-state index in [2.05, 4.69) is 10.0 Å². The number of anilines is 1. The molecule has 8 heteroatoms. The van der Waals surface area contributed by atoms with Crippen LogP contribution in [-0.2, 0) is 14.8 Å². The molecular formula is C20H26N2O5S. The lowest BCUT2D eigenvalue weighted by Crippen LogP contribution is -2.40. The highest BCUT2D eigenvalue weighted by Crippen LogP contribution is 2.18. The summed E-state index contributed by atoms with van der Waals surface area (Å²) in [4.78, 5) is 12.5. The molecule has 0 aromatic heterocycles. The van der Waals surface area contributed by atoms with E-state index in [1.54, 1.807) is 52.1 Å². The molecular weight excluding hydrogens is 380 g/mol. The molecule has 0 aliphatic carbocycles. The van der Waals surface area contributed by atoms with E-state index in [4.69, 9.17) is 9.47 Å². The Hall–Kier alpha value is -2.42. The van der Waals surface area contributed by atoms with Crippen molar-refractivity contribution < 1.29 is 22.7 Å². The maximum atomic E-state index is 12.4. The van der Waals surface area contributed by atoms with Crippen LogP contribution in [0.1, 0.15) is 31.1 Å². The molecule has 0 aliphatic heterocycles. The van der Waals surface area contributed by atoms with E-state index in [-0.39, 0.29) is 10.8 Å². The molecule has 0 saturated carbocycles. The first-order valence-corrected chi connectivity index (χ1v) is 10.3. The molecule has 0 radical (unpaired) electrons. The van der Waals surface area contributed by atoms with Crippen LogP contribution in [-0.4, -0.2) is 40.2 Å². The molecule has 0 fully saturated rings. The Labute approximate surface area is 166 Å². The fourth-order valence-electron chi connectivity index (χ4n) is 2.33. The lowest BCUT2D eigenvalue weighted by atomic mass is 10.1. The smallest absolute Gasteiger partial charge is 0.255 e. The van der Waals surface area contributed by atoms with Gasteiger partial charge in [-0.15, -0.1) is 0 Å². The number of rotatable bonds is 8. The quantitative estimate of drug-likeness (QED) is 0.657. The third-order valence-corrected chi connectivity index (χ3v) is 5.31. The van der Waals surface area contributed by atoms with Crippen LogP contribution in [0.2, 0.25) is 0 Å². The zero-order valence-corrected chi connectivity index (χ0v) is 17.3. The lowest BCUT2D eigenvalue weighted by molar-refractivity contribution is 0.102. The van der Waals surface area contributed by atoms with E-state index in [1.807, 2.05) is 0 Å². The van der Waals surface area contributed by atoms with Gasteiger partial charge < -0.3 is 14.8 Å². The van der Waals surface area contributed by atoms with Gasteiger partial charge in [-0.25, -0.2) is 13.1 Å². The van der Waals surface area contributed by atoms with Gasteiger partial charge >= 0.3 is 0 Å². The molecule has 0 unspecified atom stereocenters. The van der Waals surface area contributed by atoms with Crippen LogP contribution in [0.3, 0.4) is 0 Å². The highest BCUT2D eigenvalue weighted by Gasteiger charge is 2.22. The van der Waals surface area contributed by atoms with Crippen LogP contribution in [0.5, 0.6) is 5.75 Å². The number of carbonyl (C=O) groups is 1. The Balaban J connectivity index is 2.01. The van der Waals surface area contributed by atoms with Crippen molar-refractivity contribution in [3.8, 4) is 5.75 Å². The minimum absolute atomic E-state index is 0.108. The minimum atomic E-state index is -3.64. The number of hydrogen-bond donors (Lipinski definition) is 2. The van der Waals surface area contributed by atoms with Crippen molar-refractivity contribution in [3.63, 3.8) is 0 Å². The summed E-state index contributed by atoms with van der Waals surface area (Å²) in [6.07, 6.45) is 0. The molecule has 1 amide bonds. The van der Waals surface area contributed by atoms with E-state index in [0.29, 0.717) is 30.2 Å². The Bertz CT molecular complexity index is 886. The molecule has 0 atom stereocenters. The zero-order valence-electron chi connectivity index (χ0n) is 16.5. The normalized spacial score (nSPS) is 11.9. The van der Waals surface area contributed by atoms with E-state index in [1.165, 1.54) is 24.3 Å². The molecule has 0 saturated heterocycles. The fraction of sp³-hybridized carbons (Fsp3) is 0.350. The summed E-state index contributed by atoms with van der Waals surface area (Å²) >= 11 is 0. The molecule has 0 heterocycles. The third-order valence-electron chi connectivity index (χ3n) is 3.54. The van der Waals surface area contributed by atoms with Gasteiger partial charge in [0.1, 0.15) is 12.4 Å². The van der Waals surface area contributed by atoms with Crippen LogP contribution in [0.15, 0.2) is 53.4 Å². The first-order valence-electron chi connectivity index (χ1n) is 8.78. The maximum absolute atomic E-state index is 12.4. The Morgan fingerprint density at radius 2 is 1.57 bits per heavy atom. The van der Waals surface area contributed by atoms with Crippen LogP contribution in [0.4, 0.5) is 5.69 Å². The van der Waals surface area contributed by atoms with Crippen LogP contribution < -0.4 is 14.8 Å². The van der Waals surface area contributed by atoms with Crippen molar-refractivity contribution in [2.75, 3.05) is 25.6 Å². The standard InChI is InChI=1S/C20H26N2O5S/c1-20(2,3)22-28(24,25)18-11-5-15(6-12-18)19(23)21-16-7-9-17(10-8-16)27-14-13-26-4/h5-12,22H,13-14H2,1-4H3,(H,21,23). The van der Waals surface area contributed by atoms with Crippen molar-refractivity contribution in [1.29, 1.82) is 0 Å². The lowest BCUT2D eigenvalue weighted by Gasteiger charge is -2.20. The van der Waals surface area contributed by atoms with Crippen LogP contribution in [0, 0.1) is 0 Å². The predicted molar refractivity (Wildman–Crippen MR) is 108 cm³/mol. The monoisotopic (exact) mass is 406 g/mol. The predicted octanol–water partition coefficient (Wildman–Crippen LogP) is 3.04. The van der Waals surface area contributed by atoms with Crippen molar-refractivity contribution in [1.82, 2.24) is 4.72 Å². The molecule has 2 rings (SSSR count). The second-order valence-corrected chi connectivity index (χ2v) is 8.88. The third kappa shape index (κ3) is 6.63. The number of sulfonamides is 1. The maximum Gasteiger partial charge on any atom is 0.255 e. The average Bonchev–Trinajstić information content (AvgIpc) is 2.61. The molecule has 2 N–H and O–H groups in total. The van der Waals surface area contributed by atoms with Gasteiger partial charge in [0.05, 0.1) is 11.5 Å². The van der Waals surface area contributed by atoms with E-state index < -0.39 is 15.6 Å². The number of hydrogen-bond acceptors (Lipinski definition) is 5. The molecule has 2 aromatic carbocycles. The number of amides is 1. The summed E-state index contributed by atoms with van der Waals surface area (Å²) in [5.41, 5.74) is 0.374. The van der Waals surface area contributed by atoms with Gasteiger partial charge in [-0.05, 0) is 69.3 Å². The Morgan fingerprint density at radius 1 is 0.964 bits per heavy atom. The van der Waals surface area contributed by atoms with Crippen molar-refractivity contribution in [2.24, 2.45) is 0 Å². The second kappa shape index (κ2) is 9.18. The summed E-state index contributed by atoms with van der Waals surface area (Å²) < 4.78 is 37.6. The summed E-state index contributed by atoms with van der Waals surface area (Å²) in [5.74, 6) is 0.344. The first kappa shape index (κ1) is 21.9. The van der Waals surface area contributed by atoms with Crippen molar-refractivity contribution in [3.05, 3.63) is 54.1 Å². The van der Waals surface area contributed by atoms with E-state index in [9.17, 15) is 13.2 Å². The molecule has 0 bridgehead atoms. The zero-order chi connectivity index (χ0) is 20.8.